The molecule has 1 atom stereocenters. The molecule has 1 unspecified atom stereocenters. The van der Waals surface area contributed by atoms with E-state index in [0.717, 1.165) is 30.6 Å². The first-order valence-electron chi connectivity index (χ1n) is 5.61. The third-order valence-electron chi connectivity index (χ3n) is 3.18. The standard InChI is InChI=1S/C10H14N2O4S2/c1-6(7-3-2-4-7)12-18(15,16)10-8(9(13)14)11-5-17-10/h5-7,12H,2-4H2,1H3,(H,13,14). The molecule has 1 aliphatic rings. The molecule has 100 valence electrons. The molecule has 1 aromatic rings. The lowest BCUT2D eigenvalue weighted by atomic mass is 9.81. The number of carboxylic acid groups (broad SMARTS) is 1. The molecule has 1 saturated carbocycles. The molecule has 6 nitrogen and oxygen atoms in total. The number of nitrogens with one attached hydrogen (secondary N) is 1. The Bertz CT molecular complexity index is 548. The van der Waals surface area contributed by atoms with Gasteiger partial charge in [-0.25, -0.2) is 22.9 Å². The van der Waals surface area contributed by atoms with Crippen LogP contribution in [0.5, 0.6) is 0 Å². The van der Waals surface area contributed by atoms with Crippen LogP contribution in [0.15, 0.2) is 9.72 Å². The molecule has 2 N–H and O–H groups in total. The molecule has 0 amide bonds. The summed E-state index contributed by atoms with van der Waals surface area (Å²) in [6.45, 7) is 1.81. The summed E-state index contributed by atoms with van der Waals surface area (Å²) in [5.74, 6) is -0.978. The molecular weight excluding hydrogens is 276 g/mol. The van der Waals surface area contributed by atoms with Crippen LogP contribution in [-0.2, 0) is 10.0 Å². The van der Waals surface area contributed by atoms with E-state index >= 15 is 0 Å². The molecule has 0 spiro atoms. The third-order valence-corrected chi connectivity index (χ3v) is 6.11. The fourth-order valence-electron chi connectivity index (χ4n) is 1.90. The minimum absolute atomic E-state index is 0.174. The zero-order valence-corrected chi connectivity index (χ0v) is 11.4. The van der Waals surface area contributed by atoms with Gasteiger partial charge in [-0.05, 0) is 25.7 Å². The van der Waals surface area contributed by atoms with Crippen molar-refractivity contribution in [1.29, 1.82) is 0 Å². The maximum Gasteiger partial charge on any atom is 0.356 e. The highest BCUT2D eigenvalue weighted by molar-refractivity contribution is 7.91. The van der Waals surface area contributed by atoms with E-state index in [4.69, 9.17) is 5.11 Å². The Morgan fingerprint density at radius 2 is 2.28 bits per heavy atom. The van der Waals surface area contributed by atoms with Crippen LogP contribution in [0.25, 0.3) is 0 Å². The van der Waals surface area contributed by atoms with Gasteiger partial charge >= 0.3 is 5.97 Å². The van der Waals surface area contributed by atoms with Crippen molar-refractivity contribution in [1.82, 2.24) is 9.71 Å². The van der Waals surface area contributed by atoms with Gasteiger partial charge in [0.05, 0.1) is 5.51 Å². The highest BCUT2D eigenvalue weighted by Gasteiger charge is 2.31. The number of carbonyl (C=O) groups is 1. The molecule has 0 radical (unpaired) electrons. The average molecular weight is 290 g/mol. The van der Waals surface area contributed by atoms with Crippen molar-refractivity contribution in [2.24, 2.45) is 5.92 Å². The fourth-order valence-corrected chi connectivity index (χ4v) is 4.37. The second kappa shape index (κ2) is 4.94. The molecule has 0 aliphatic heterocycles. The molecule has 2 rings (SSSR count). The molecular formula is C10H14N2O4S2. The second-order valence-electron chi connectivity index (χ2n) is 4.39. The van der Waals surface area contributed by atoms with Crippen LogP contribution in [0, 0.1) is 5.92 Å². The van der Waals surface area contributed by atoms with E-state index in [9.17, 15) is 13.2 Å². The summed E-state index contributed by atoms with van der Waals surface area (Å²) >= 11 is 0.822. The van der Waals surface area contributed by atoms with Gasteiger partial charge < -0.3 is 5.11 Å². The van der Waals surface area contributed by atoms with Crippen molar-refractivity contribution in [3.63, 3.8) is 0 Å². The van der Waals surface area contributed by atoms with Crippen LogP contribution in [0.4, 0.5) is 0 Å². The van der Waals surface area contributed by atoms with Crippen LogP contribution < -0.4 is 4.72 Å². The van der Waals surface area contributed by atoms with Gasteiger partial charge in [0, 0.05) is 6.04 Å². The van der Waals surface area contributed by atoms with E-state index in [1.807, 2.05) is 6.92 Å². The lowest BCUT2D eigenvalue weighted by Gasteiger charge is -2.31. The third kappa shape index (κ3) is 2.55. The monoisotopic (exact) mass is 290 g/mol. The second-order valence-corrected chi connectivity index (χ2v) is 7.16. The molecule has 18 heavy (non-hydrogen) atoms. The quantitative estimate of drug-likeness (QED) is 0.852. The minimum Gasteiger partial charge on any atom is -0.476 e. The van der Waals surface area contributed by atoms with Gasteiger partial charge in [0.25, 0.3) is 10.0 Å². The predicted octanol–water partition coefficient (Wildman–Crippen LogP) is 1.31. The zero-order valence-electron chi connectivity index (χ0n) is 9.79. The lowest BCUT2D eigenvalue weighted by molar-refractivity contribution is 0.0687. The van der Waals surface area contributed by atoms with Crippen molar-refractivity contribution in [3.8, 4) is 0 Å². The minimum atomic E-state index is -3.79. The van der Waals surface area contributed by atoms with Crippen molar-refractivity contribution in [2.45, 2.75) is 36.4 Å². The first-order valence-corrected chi connectivity index (χ1v) is 7.97. The topological polar surface area (TPSA) is 96.4 Å². The maximum absolute atomic E-state index is 12.1. The van der Waals surface area contributed by atoms with Gasteiger partial charge in [-0.1, -0.05) is 6.42 Å². The number of carboxylic acids is 1. The smallest absolute Gasteiger partial charge is 0.356 e. The van der Waals surface area contributed by atoms with Gasteiger partial charge in [-0.2, -0.15) is 0 Å². The normalized spacial score (nSPS) is 18.3. The average Bonchev–Trinajstić information content (AvgIpc) is 2.61. The summed E-state index contributed by atoms with van der Waals surface area (Å²) in [6, 6.07) is -0.174. The van der Waals surface area contributed by atoms with Crippen LogP contribution >= 0.6 is 11.3 Å². The number of aromatic nitrogens is 1. The van der Waals surface area contributed by atoms with E-state index in [1.54, 1.807) is 0 Å². The molecule has 1 aliphatic carbocycles. The summed E-state index contributed by atoms with van der Waals surface area (Å²) < 4.78 is 26.5. The van der Waals surface area contributed by atoms with E-state index in [0.29, 0.717) is 5.92 Å². The summed E-state index contributed by atoms with van der Waals surface area (Å²) in [5, 5.41) is 8.87. The number of thiazole rings is 1. The molecule has 0 saturated heterocycles. The lowest BCUT2D eigenvalue weighted by Crippen LogP contribution is -2.40. The molecule has 8 heteroatoms. The number of aromatic carboxylic acids is 1. The Hall–Kier alpha value is -0.990. The largest absolute Gasteiger partial charge is 0.476 e. The van der Waals surface area contributed by atoms with Crippen molar-refractivity contribution >= 4 is 27.3 Å². The van der Waals surface area contributed by atoms with Crippen LogP contribution in [0.2, 0.25) is 0 Å². The number of sulfonamides is 1. The highest BCUT2D eigenvalue weighted by Crippen LogP contribution is 2.30. The van der Waals surface area contributed by atoms with Gasteiger partial charge in [0.2, 0.25) is 0 Å². The fraction of sp³-hybridized carbons (Fsp3) is 0.600. The van der Waals surface area contributed by atoms with Crippen molar-refractivity contribution in [3.05, 3.63) is 11.2 Å². The Balaban J connectivity index is 2.19. The van der Waals surface area contributed by atoms with Gasteiger partial charge in [0.15, 0.2) is 9.90 Å². The molecule has 0 aromatic carbocycles. The van der Waals surface area contributed by atoms with Crippen LogP contribution in [0.3, 0.4) is 0 Å². The summed E-state index contributed by atoms with van der Waals surface area (Å²) in [6.07, 6.45) is 3.15. The van der Waals surface area contributed by atoms with Crippen molar-refractivity contribution < 1.29 is 18.3 Å². The summed E-state index contributed by atoms with van der Waals surface area (Å²) in [7, 11) is -3.79. The highest BCUT2D eigenvalue weighted by atomic mass is 32.2. The van der Waals surface area contributed by atoms with Crippen LogP contribution in [0.1, 0.15) is 36.7 Å². The van der Waals surface area contributed by atoms with E-state index < -0.39 is 21.7 Å². The number of hydrogen-bond donors (Lipinski definition) is 2. The first kappa shape index (κ1) is 13.4. The molecule has 0 bridgehead atoms. The number of rotatable bonds is 5. The predicted molar refractivity (Wildman–Crippen MR) is 66.2 cm³/mol. The molecule has 1 aromatic heterocycles. The Morgan fingerprint density at radius 1 is 1.61 bits per heavy atom. The maximum atomic E-state index is 12.1. The van der Waals surface area contributed by atoms with Gasteiger partial charge in [-0.15, -0.1) is 11.3 Å². The van der Waals surface area contributed by atoms with E-state index in [1.165, 1.54) is 5.51 Å². The van der Waals surface area contributed by atoms with Crippen molar-refractivity contribution in [2.75, 3.05) is 0 Å². The summed E-state index contributed by atoms with van der Waals surface area (Å²) in [4.78, 5) is 14.4. The van der Waals surface area contributed by atoms with Crippen LogP contribution in [-0.4, -0.2) is 30.5 Å². The first-order chi connectivity index (χ1) is 8.42. The SMILES string of the molecule is CC(NS(=O)(=O)c1scnc1C(=O)O)C1CCC1. The van der Waals surface area contributed by atoms with E-state index in [2.05, 4.69) is 9.71 Å². The Kier molecular flexibility index (Phi) is 3.69. The molecule has 1 fully saturated rings. The van der Waals surface area contributed by atoms with Gasteiger partial charge in [0.1, 0.15) is 0 Å². The molecule has 1 heterocycles. The zero-order chi connectivity index (χ0) is 13.3. The Labute approximate surface area is 109 Å². The number of hydrogen-bond acceptors (Lipinski definition) is 5. The number of nitrogens with zero attached hydrogens (tertiary/aromatic N) is 1. The van der Waals surface area contributed by atoms with Gasteiger partial charge in [-0.3, -0.25) is 0 Å². The summed E-state index contributed by atoms with van der Waals surface area (Å²) in [5.41, 5.74) is 0.819. The Morgan fingerprint density at radius 3 is 2.78 bits per heavy atom. The van der Waals surface area contributed by atoms with E-state index in [-0.39, 0.29) is 10.3 Å².